The van der Waals surface area contributed by atoms with Crippen LogP contribution < -0.4 is 5.73 Å². The van der Waals surface area contributed by atoms with E-state index in [2.05, 4.69) is 0 Å². The summed E-state index contributed by atoms with van der Waals surface area (Å²) in [5, 5.41) is 0. The van der Waals surface area contributed by atoms with Crippen molar-refractivity contribution in [3.63, 3.8) is 0 Å². The van der Waals surface area contributed by atoms with Gasteiger partial charge in [-0.05, 0) is 66.8 Å². The molecule has 12 heteroatoms. The maximum atomic E-state index is 13.6. The molecule has 2 unspecified atom stereocenters. The highest BCUT2D eigenvalue weighted by Crippen LogP contribution is 2.37. The van der Waals surface area contributed by atoms with Gasteiger partial charge >= 0.3 is 18.4 Å². The molecule has 1 heterocycles. The zero-order valence-corrected chi connectivity index (χ0v) is 19.7. The average molecular weight is 528 g/mol. The van der Waals surface area contributed by atoms with Crippen LogP contribution in [0.15, 0.2) is 36.4 Å². The standard InChI is InChI=1S/C23H24F7N3O.ClH/c1-13-7-17(24)3-4-19(13)20-11-18(31)5-6-33(20)21(34)32(2)12-14-8-15(22(25,26)27)10-16(9-14)23(28,29)30;/h3-4,7-10,18,20H,5-6,11-12,31H2,1-2H3;1H. The molecule has 3 rings (SSSR count). The Morgan fingerprint density at radius 1 is 1.06 bits per heavy atom. The summed E-state index contributed by atoms with van der Waals surface area (Å²) in [6, 6.07) is 4.08. The van der Waals surface area contributed by atoms with Gasteiger partial charge in [0.2, 0.25) is 0 Å². The summed E-state index contributed by atoms with van der Waals surface area (Å²) in [6.45, 7) is 1.46. The monoisotopic (exact) mass is 527 g/mol. The van der Waals surface area contributed by atoms with E-state index in [1.165, 1.54) is 24.1 Å². The number of halogens is 8. The summed E-state index contributed by atoms with van der Waals surface area (Å²) >= 11 is 0. The number of carbonyl (C=O) groups is 1. The number of hydrogen-bond donors (Lipinski definition) is 1. The van der Waals surface area contributed by atoms with E-state index in [4.69, 9.17) is 5.73 Å². The third kappa shape index (κ3) is 6.78. The lowest BCUT2D eigenvalue weighted by Crippen LogP contribution is -2.49. The van der Waals surface area contributed by atoms with Gasteiger partial charge in [0.1, 0.15) is 5.82 Å². The third-order valence-electron chi connectivity index (χ3n) is 5.87. The van der Waals surface area contributed by atoms with Crippen LogP contribution in [-0.2, 0) is 18.9 Å². The number of nitrogens with two attached hydrogens (primary N) is 1. The summed E-state index contributed by atoms with van der Waals surface area (Å²) in [7, 11) is 1.30. The second-order valence-corrected chi connectivity index (χ2v) is 8.55. The fourth-order valence-electron chi connectivity index (χ4n) is 4.20. The molecule has 0 radical (unpaired) electrons. The molecule has 4 nitrogen and oxygen atoms in total. The normalized spacial score (nSPS) is 18.7. The second-order valence-electron chi connectivity index (χ2n) is 8.55. The molecule has 2 atom stereocenters. The number of piperidine rings is 1. The van der Waals surface area contributed by atoms with Gasteiger partial charge in [0, 0.05) is 26.2 Å². The number of rotatable bonds is 3. The van der Waals surface area contributed by atoms with Gasteiger partial charge in [-0.1, -0.05) is 6.07 Å². The van der Waals surface area contributed by atoms with Crippen LogP contribution in [-0.4, -0.2) is 35.5 Å². The van der Waals surface area contributed by atoms with Crippen LogP contribution in [0.1, 0.15) is 46.7 Å². The molecular formula is C23H25ClF7N3O. The van der Waals surface area contributed by atoms with Crippen LogP contribution in [0.25, 0.3) is 0 Å². The Morgan fingerprint density at radius 3 is 2.14 bits per heavy atom. The Labute approximate surface area is 204 Å². The molecule has 0 aliphatic carbocycles. The van der Waals surface area contributed by atoms with Crippen molar-refractivity contribution in [1.29, 1.82) is 0 Å². The minimum absolute atomic E-state index is 0. The van der Waals surface area contributed by atoms with E-state index in [-0.39, 0.29) is 36.6 Å². The summed E-state index contributed by atoms with van der Waals surface area (Å²) in [5.74, 6) is -0.443. The lowest BCUT2D eigenvalue weighted by molar-refractivity contribution is -0.143. The van der Waals surface area contributed by atoms with Gasteiger partial charge in [0.15, 0.2) is 0 Å². The van der Waals surface area contributed by atoms with Crippen LogP contribution in [0.3, 0.4) is 0 Å². The quantitative estimate of drug-likeness (QED) is 0.476. The highest BCUT2D eigenvalue weighted by molar-refractivity contribution is 5.85. The van der Waals surface area contributed by atoms with Crippen molar-refractivity contribution in [1.82, 2.24) is 9.80 Å². The molecule has 0 aromatic heterocycles. The highest BCUT2D eigenvalue weighted by atomic mass is 35.5. The first-order chi connectivity index (χ1) is 15.7. The Morgan fingerprint density at radius 2 is 1.63 bits per heavy atom. The summed E-state index contributed by atoms with van der Waals surface area (Å²) in [5.41, 5.74) is 4.17. The van der Waals surface area contributed by atoms with Crippen molar-refractivity contribution >= 4 is 18.4 Å². The molecule has 2 aromatic carbocycles. The highest BCUT2D eigenvalue weighted by Gasteiger charge is 2.38. The zero-order valence-electron chi connectivity index (χ0n) is 18.9. The number of aryl methyl sites for hydroxylation is 1. The number of nitrogens with zero attached hydrogens (tertiary/aromatic N) is 2. The molecule has 2 amide bonds. The Balaban J connectivity index is 0.00000432. The second kappa shape index (κ2) is 10.6. The van der Waals surface area contributed by atoms with Gasteiger partial charge in [-0.3, -0.25) is 0 Å². The summed E-state index contributed by atoms with van der Waals surface area (Å²) in [6.07, 6.45) is -9.11. The van der Waals surface area contributed by atoms with E-state index in [9.17, 15) is 35.5 Å². The van der Waals surface area contributed by atoms with Crippen molar-refractivity contribution < 1.29 is 35.5 Å². The maximum Gasteiger partial charge on any atom is 0.416 e. The summed E-state index contributed by atoms with van der Waals surface area (Å²) in [4.78, 5) is 15.8. The molecule has 1 fully saturated rings. The largest absolute Gasteiger partial charge is 0.416 e. The van der Waals surface area contributed by atoms with E-state index in [1.54, 1.807) is 13.0 Å². The first-order valence-electron chi connectivity index (χ1n) is 10.5. The molecular weight excluding hydrogens is 503 g/mol. The van der Waals surface area contributed by atoms with Crippen LogP contribution in [0, 0.1) is 12.7 Å². The predicted molar refractivity (Wildman–Crippen MR) is 118 cm³/mol. The smallest absolute Gasteiger partial charge is 0.328 e. The van der Waals surface area contributed by atoms with E-state index < -0.39 is 47.9 Å². The Hall–Kier alpha value is -2.53. The van der Waals surface area contributed by atoms with Gasteiger partial charge < -0.3 is 15.5 Å². The fraction of sp³-hybridized carbons (Fsp3) is 0.435. The molecule has 0 spiro atoms. The van der Waals surface area contributed by atoms with Gasteiger partial charge in [-0.25, -0.2) is 9.18 Å². The number of alkyl halides is 6. The van der Waals surface area contributed by atoms with Gasteiger partial charge in [-0.2, -0.15) is 26.3 Å². The summed E-state index contributed by atoms with van der Waals surface area (Å²) < 4.78 is 92.6. The SMILES string of the molecule is Cc1cc(F)ccc1C1CC(N)CCN1C(=O)N(C)Cc1cc(C(F)(F)F)cc(C(F)(F)F)c1.Cl. The van der Waals surface area contributed by atoms with E-state index in [0.29, 0.717) is 36.1 Å². The molecule has 1 aliphatic heterocycles. The predicted octanol–water partition coefficient (Wildman–Crippen LogP) is 6.31. The Kier molecular flexibility index (Phi) is 8.70. The molecule has 2 aromatic rings. The van der Waals surface area contributed by atoms with Crippen LogP contribution in [0.2, 0.25) is 0 Å². The molecule has 0 saturated carbocycles. The van der Waals surface area contributed by atoms with E-state index >= 15 is 0 Å². The topological polar surface area (TPSA) is 49.6 Å². The lowest BCUT2D eigenvalue weighted by atomic mass is 9.90. The van der Waals surface area contributed by atoms with Gasteiger partial charge in [0.05, 0.1) is 17.2 Å². The average Bonchev–Trinajstić information content (AvgIpc) is 2.71. The van der Waals surface area contributed by atoms with E-state index in [0.717, 1.165) is 4.90 Å². The van der Waals surface area contributed by atoms with E-state index in [1.807, 2.05) is 0 Å². The minimum atomic E-state index is -4.98. The minimum Gasteiger partial charge on any atom is -0.328 e. The maximum absolute atomic E-state index is 13.6. The van der Waals surface area contributed by atoms with Crippen molar-refractivity contribution in [2.24, 2.45) is 5.73 Å². The van der Waals surface area contributed by atoms with Gasteiger partial charge in [0.25, 0.3) is 0 Å². The van der Waals surface area contributed by atoms with Crippen molar-refractivity contribution in [3.05, 3.63) is 70.0 Å². The van der Waals surface area contributed by atoms with Crippen molar-refractivity contribution in [2.75, 3.05) is 13.6 Å². The third-order valence-corrected chi connectivity index (χ3v) is 5.87. The number of carbonyl (C=O) groups excluding carboxylic acids is 1. The van der Waals surface area contributed by atoms with Crippen LogP contribution in [0.4, 0.5) is 35.5 Å². The molecule has 35 heavy (non-hydrogen) atoms. The number of urea groups is 1. The van der Waals surface area contributed by atoms with Crippen LogP contribution in [0.5, 0.6) is 0 Å². The van der Waals surface area contributed by atoms with Crippen molar-refractivity contribution in [2.45, 2.75) is 50.7 Å². The Bertz CT molecular complexity index is 1030. The molecule has 2 N–H and O–H groups in total. The molecule has 1 saturated heterocycles. The molecule has 1 aliphatic rings. The first-order valence-corrected chi connectivity index (χ1v) is 10.5. The lowest BCUT2D eigenvalue weighted by Gasteiger charge is -2.41. The van der Waals surface area contributed by atoms with Gasteiger partial charge in [-0.15, -0.1) is 12.4 Å². The van der Waals surface area contributed by atoms with Crippen molar-refractivity contribution in [3.8, 4) is 0 Å². The number of likely N-dealkylation sites (tertiary alicyclic amines) is 1. The fourth-order valence-corrected chi connectivity index (χ4v) is 4.20. The number of benzene rings is 2. The molecule has 0 bridgehead atoms. The molecule has 194 valence electrons. The number of amides is 2. The van der Waals surface area contributed by atoms with Crippen LogP contribution >= 0.6 is 12.4 Å². The number of hydrogen-bond acceptors (Lipinski definition) is 2. The zero-order chi connectivity index (χ0) is 25.4. The first kappa shape index (κ1) is 28.7.